The second kappa shape index (κ2) is 4.48. The van der Waals surface area contributed by atoms with Crippen molar-refractivity contribution in [1.29, 1.82) is 0 Å². The van der Waals surface area contributed by atoms with Crippen LogP contribution in [-0.4, -0.2) is 19.8 Å². The Bertz CT molecular complexity index is 614. The Kier molecular flexibility index (Phi) is 2.64. The van der Waals surface area contributed by atoms with Crippen LogP contribution in [0.2, 0.25) is 0 Å². The zero-order valence-electron chi connectivity index (χ0n) is 10.9. The van der Waals surface area contributed by atoms with E-state index in [0.717, 1.165) is 26.2 Å². The van der Waals surface area contributed by atoms with Gasteiger partial charge in [0, 0.05) is 6.54 Å². The molecule has 2 aromatic carbocycles. The molecule has 2 aromatic rings. The van der Waals surface area contributed by atoms with Crippen LogP contribution in [0.4, 0.5) is 0 Å². The molecule has 0 radical (unpaired) electrons. The quantitative estimate of drug-likeness (QED) is 0.718. The maximum atomic E-state index is 5.61. The molecule has 96 valence electrons. The highest BCUT2D eigenvalue weighted by molar-refractivity contribution is 5.78. The Labute approximate surface area is 113 Å². The first-order chi connectivity index (χ1) is 9.43. The van der Waals surface area contributed by atoms with Gasteiger partial charge < -0.3 is 10.1 Å². The van der Waals surface area contributed by atoms with Crippen molar-refractivity contribution in [3.05, 3.63) is 59.2 Å². The van der Waals surface area contributed by atoms with Crippen LogP contribution in [0, 0.1) is 0 Å². The molecule has 0 saturated carbocycles. The molecule has 1 heterocycles. The molecule has 1 aliphatic carbocycles. The van der Waals surface area contributed by atoms with Gasteiger partial charge in [0.2, 0.25) is 0 Å². The molecule has 19 heavy (non-hydrogen) atoms. The van der Waals surface area contributed by atoms with Crippen LogP contribution >= 0.6 is 0 Å². The van der Waals surface area contributed by atoms with Crippen LogP contribution in [0.15, 0.2) is 42.5 Å². The zero-order chi connectivity index (χ0) is 12.7. The average Bonchev–Trinajstić information content (AvgIpc) is 2.87. The predicted octanol–water partition coefficient (Wildman–Crippen LogP) is 2.92. The minimum Gasteiger partial charge on any atom is -0.378 e. The second-order valence-corrected chi connectivity index (χ2v) is 5.29. The number of rotatable bonds is 1. The molecule has 0 aromatic heterocycles. The van der Waals surface area contributed by atoms with E-state index in [1.54, 1.807) is 0 Å². The van der Waals surface area contributed by atoms with Crippen molar-refractivity contribution in [2.45, 2.75) is 12.5 Å². The molecule has 1 unspecified atom stereocenters. The van der Waals surface area contributed by atoms with Crippen LogP contribution < -0.4 is 5.32 Å². The first kappa shape index (κ1) is 11.2. The van der Waals surface area contributed by atoms with Gasteiger partial charge in [0.15, 0.2) is 0 Å². The predicted molar refractivity (Wildman–Crippen MR) is 76.2 cm³/mol. The van der Waals surface area contributed by atoms with E-state index in [9.17, 15) is 0 Å². The van der Waals surface area contributed by atoms with Crippen molar-refractivity contribution in [2.75, 3.05) is 19.8 Å². The van der Waals surface area contributed by atoms with Gasteiger partial charge in [0.25, 0.3) is 0 Å². The van der Waals surface area contributed by atoms with E-state index >= 15 is 0 Å². The molecular weight excluding hydrogens is 234 g/mol. The fourth-order valence-electron chi connectivity index (χ4n) is 3.27. The molecule has 1 fully saturated rings. The summed E-state index contributed by atoms with van der Waals surface area (Å²) < 4.78 is 5.61. The van der Waals surface area contributed by atoms with Gasteiger partial charge in [-0.25, -0.2) is 0 Å². The van der Waals surface area contributed by atoms with Crippen molar-refractivity contribution < 1.29 is 4.74 Å². The fourth-order valence-corrected chi connectivity index (χ4v) is 3.27. The van der Waals surface area contributed by atoms with E-state index in [-0.39, 0.29) is 0 Å². The summed E-state index contributed by atoms with van der Waals surface area (Å²) in [7, 11) is 0. The van der Waals surface area contributed by atoms with Crippen molar-refractivity contribution in [2.24, 2.45) is 0 Å². The number of hydrogen-bond acceptors (Lipinski definition) is 2. The minimum atomic E-state index is 0.345. The van der Waals surface area contributed by atoms with Crippen molar-refractivity contribution in [1.82, 2.24) is 5.32 Å². The number of fused-ring (bicyclic) bond motifs is 3. The average molecular weight is 251 g/mol. The summed E-state index contributed by atoms with van der Waals surface area (Å²) in [5, 5.41) is 3.57. The largest absolute Gasteiger partial charge is 0.378 e. The van der Waals surface area contributed by atoms with Crippen LogP contribution in [0.5, 0.6) is 0 Å². The summed E-state index contributed by atoms with van der Waals surface area (Å²) in [4.78, 5) is 0. The molecule has 2 aliphatic rings. The molecule has 2 heteroatoms. The van der Waals surface area contributed by atoms with Gasteiger partial charge in [-0.1, -0.05) is 42.5 Å². The van der Waals surface area contributed by atoms with Gasteiger partial charge in [-0.2, -0.15) is 0 Å². The molecule has 1 atom stereocenters. The molecule has 1 saturated heterocycles. The number of hydrogen-bond donors (Lipinski definition) is 1. The lowest BCUT2D eigenvalue weighted by molar-refractivity contribution is 0.0767. The zero-order valence-corrected chi connectivity index (χ0v) is 10.9. The summed E-state index contributed by atoms with van der Waals surface area (Å²) >= 11 is 0. The van der Waals surface area contributed by atoms with Crippen molar-refractivity contribution >= 4 is 0 Å². The minimum absolute atomic E-state index is 0.345. The van der Waals surface area contributed by atoms with Gasteiger partial charge >= 0.3 is 0 Å². The van der Waals surface area contributed by atoms with Crippen LogP contribution in [0.25, 0.3) is 11.1 Å². The lowest BCUT2D eigenvalue weighted by Crippen LogP contribution is -2.35. The molecule has 2 nitrogen and oxygen atoms in total. The number of benzene rings is 2. The number of morpholine rings is 1. The molecule has 0 bridgehead atoms. The Balaban J connectivity index is 1.80. The van der Waals surface area contributed by atoms with Gasteiger partial charge in [-0.3, -0.25) is 0 Å². The third kappa shape index (κ3) is 1.79. The van der Waals surface area contributed by atoms with Gasteiger partial charge in [-0.15, -0.1) is 0 Å². The standard InChI is InChI=1S/C17H17NO/c1-2-5-13-12(4-1)10-16-14(13)6-3-7-15(16)17-11-19-9-8-18-17/h1-7,17-18H,8-11H2. The lowest BCUT2D eigenvalue weighted by Gasteiger charge is -2.26. The Morgan fingerprint density at radius 3 is 2.79 bits per heavy atom. The summed E-state index contributed by atoms with van der Waals surface area (Å²) in [6, 6.07) is 15.7. The molecule has 0 amide bonds. The van der Waals surface area contributed by atoms with E-state index < -0.39 is 0 Å². The number of nitrogens with one attached hydrogen (secondary N) is 1. The molecule has 1 aliphatic heterocycles. The molecule has 0 spiro atoms. The van der Waals surface area contributed by atoms with E-state index in [1.165, 1.54) is 27.8 Å². The smallest absolute Gasteiger partial charge is 0.0662 e. The van der Waals surface area contributed by atoms with Crippen molar-refractivity contribution in [3.8, 4) is 11.1 Å². The van der Waals surface area contributed by atoms with Gasteiger partial charge in [0.05, 0.1) is 19.3 Å². The van der Waals surface area contributed by atoms with Crippen LogP contribution in [0.3, 0.4) is 0 Å². The first-order valence-electron chi connectivity index (χ1n) is 6.94. The monoisotopic (exact) mass is 251 g/mol. The molecular formula is C17H17NO. The van der Waals surface area contributed by atoms with E-state index in [0.29, 0.717) is 6.04 Å². The first-order valence-corrected chi connectivity index (χ1v) is 6.94. The highest BCUT2D eigenvalue weighted by atomic mass is 16.5. The SMILES string of the molecule is c1ccc2c(c1)Cc1c-2cccc1C1COCCN1. The highest BCUT2D eigenvalue weighted by Crippen LogP contribution is 2.39. The highest BCUT2D eigenvalue weighted by Gasteiger charge is 2.25. The summed E-state index contributed by atoms with van der Waals surface area (Å²) in [5.74, 6) is 0. The van der Waals surface area contributed by atoms with Gasteiger partial charge in [-0.05, 0) is 34.2 Å². The van der Waals surface area contributed by atoms with Crippen LogP contribution in [0.1, 0.15) is 22.7 Å². The number of ether oxygens (including phenoxy) is 1. The Hall–Kier alpha value is -1.64. The summed E-state index contributed by atoms with van der Waals surface area (Å²) in [6.45, 7) is 2.56. The van der Waals surface area contributed by atoms with E-state index in [2.05, 4.69) is 47.8 Å². The maximum absolute atomic E-state index is 5.61. The fraction of sp³-hybridized carbons (Fsp3) is 0.294. The van der Waals surface area contributed by atoms with E-state index in [1.807, 2.05) is 0 Å². The van der Waals surface area contributed by atoms with Crippen LogP contribution in [-0.2, 0) is 11.2 Å². The lowest BCUT2D eigenvalue weighted by atomic mass is 9.96. The topological polar surface area (TPSA) is 21.3 Å². The van der Waals surface area contributed by atoms with Gasteiger partial charge in [0.1, 0.15) is 0 Å². The third-order valence-corrected chi connectivity index (χ3v) is 4.18. The second-order valence-electron chi connectivity index (χ2n) is 5.29. The third-order valence-electron chi connectivity index (χ3n) is 4.18. The maximum Gasteiger partial charge on any atom is 0.0662 e. The summed E-state index contributed by atoms with van der Waals surface area (Å²) in [5.41, 5.74) is 7.14. The molecule has 1 N–H and O–H groups in total. The van der Waals surface area contributed by atoms with Crippen molar-refractivity contribution in [3.63, 3.8) is 0 Å². The summed E-state index contributed by atoms with van der Waals surface area (Å²) in [6.07, 6.45) is 1.06. The Morgan fingerprint density at radius 1 is 1.00 bits per heavy atom. The Morgan fingerprint density at radius 2 is 1.89 bits per heavy atom. The normalized spacial score (nSPS) is 20.9. The molecule has 4 rings (SSSR count). The van der Waals surface area contributed by atoms with E-state index in [4.69, 9.17) is 4.74 Å².